The van der Waals surface area contributed by atoms with Crippen molar-refractivity contribution in [2.75, 3.05) is 28.2 Å². The van der Waals surface area contributed by atoms with Gasteiger partial charge in [0, 0.05) is 11.8 Å². The second-order valence-electron chi connectivity index (χ2n) is 9.90. The molecule has 0 amide bonds. The van der Waals surface area contributed by atoms with Crippen molar-refractivity contribution in [2.24, 2.45) is 4.99 Å². The predicted molar refractivity (Wildman–Crippen MR) is 139 cm³/mol. The Balaban J connectivity index is 0. The summed E-state index contributed by atoms with van der Waals surface area (Å²) in [7, 11) is 7.00. The van der Waals surface area contributed by atoms with Gasteiger partial charge in [0.2, 0.25) is 0 Å². The first kappa shape index (κ1) is 32.7. The van der Waals surface area contributed by atoms with Crippen molar-refractivity contribution in [1.29, 1.82) is 0 Å². The molecule has 32 heavy (non-hydrogen) atoms. The van der Waals surface area contributed by atoms with E-state index in [1.165, 1.54) is 16.7 Å². The molecule has 0 atom stereocenters. The van der Waals surface area contributed by atoms with Crippen molar-refractivity contribution in [3.63, 3.8) is 0 Å². The van der Waals surface area contributed by atoms with Gasteiger partial charge in [-0.3, -0.25) is 4.99 Å². The van der Waals surface area contributed by atoms with Crippen molar-refractivity contribution in [3.8, 4) is 5.75 Å². The Morgan fingerprint density at radius 2 is 1.31 bits per heavy atom. The summed E-state index contributed by atoms with van der Waals surface area (Å²) in [6.07, 6.45) is 1.86. The minimum absolute atomic E-state index is 0. The van der Waals surface area contributed by atoms with Gasteiger partial charge in [0.05, 0.1) is 0 Å². The second kappa shape index (κ2) is 14.6. The molecule has 0 aliphatic rings. The summed E-state index contributed by atoms with van der Waals surface area (Å²) in [5.41, 5.74) is 6.07. The first-order chi connectivity index (χ1) is 14.2. The summed E-state index contributed by atoms with van der Waals surface area (Å²) in [5.74, 6) is 0.280. The zero-order chi connectivity index (χ0) is 24.4. The van der Waals surface area contributed by atoms with Crippen LogP contribution >= 0.6 is 0 Å². The fourth-order valence-corrected chi connectivity index (χ4v) is 2.76. The van der Waals surface area contributed by atoms with Crippen LogP contribution < -0.4 is 0 Å². The van der Waals surface area contributed by atoms with E-state index in [1.54, 1.807) is 28.2 Å². The molecule has 4 nitrogen and oxygen atoms in total. The molecule has 0 aromatic heterocycles. The Morgan fingerprint density at radius 1 is 0.812 bits per heavy atom. The molecule has 0 unspecified atom stereocenters. The predicted octanol–water partition coefficient (Wildman–Crippen LogP) is 7.59. The summed E-state index contributed by atoms with van der Waals surface area (Å²) in [5, 5.41) is 17.8. The van der Waals surface area contributed by atoms with Gasteiger partial charge < -0.3 is 15.7 Å². The van der Waals surface area contributed by atoms with Crippen LogP contribution in [0.4, 0.5) is 5.69 Å². The van der Waals surface area contributed by atoms with Crippen LogP contribution in [-0.4, -0.2) is 39.5 Å². The van der Waals surface area contributed by atoms with Crippen LogP contribution in [0.2, 0.25) is 0 Å². The van der Waals surface area contributed by atoms with E-state index in [-0.39, 0.29) is 38.3 Å². The number of hydrogen-bond acceptors (Lipinski definition) is 2. The molecule has 0 saturated heterocycles. The number of nitrogens with zero attached hydrogens (tertiary/aromatic N) is 3. The fourth-order valence-electron chi connectivity index (χ4n) is 2.76. The quantitative estimate of drug-likeness (QED) is 0.354. The van der Waals surface area contributed by atoms with Gasteiger partial charge in [-0.25, -0.2) is 0 Å². The largest absolute Gasteiger partial charge is 2.00 e. The van der Waals surface area contributed by atoms with Gasteiger partial charge >= 0.3 is 21.7 Å². The van der Waals surface area contributed by atoms with E-state index in [0.717, 1.165) is 11.1 Å². The molecule has 0 aliphatic heterocycles. The number of aliphatic imine (C=N–C) groups is 1. The standard InChI is InChI=1S/C23H31NO.2C2H6N.Ti/c1-15-9-10-16(2)17(11-15)14-24-20-13-18(22(3,4)5)12-19(21(20)25)23(6,7)8;2*1-3-2;/h9-14,25H,1-8H3;2*1-2H3;/q;2*-1;+2. The van der Waals surface area contributed by atoms with Crippen LogP contribution in [0, 0.1) is 13.8 Å². The number of phenols is 1. The van der Waals surface area contributed by atoms with Gasteiger partial charge in [0.25, 0.3) is 0 Å². The minimum Gasteiger partial charge on any atom is -0.668 e. The van der Waals surface area contributed by atoms with Crippen molar-refractivity contribution in [1.82, 2.24) is 0 Å². The molecule has 0 bridgehead atoms. The molecule has 0 saturated carbocycles. The summed E-state index contributed by atoms with van der Waals surface area (Å²) >= 11 is 0. The fraction of sp³-hybridized carbons (Fsp3) is 0.519. The topological polar surface area (TPSA) is 60.8 Å². The van der Waals surface area contributed by atoms with E-state index in [1.807, 2.05) is 12.3 Å². The Kier molecular flexibility index (Phi) is 15.0. The molecule has 2 aromatic rings. The maximum atomic E-state index is 10.8. The molecule has 176 valence electrons. The molecule has 5 heteroatoms. The zero-order valence-corrected chi connectivity index (χ0v) is 23.8. The van der Waals surface area contributed by atoms with E-state index >= 15 is 0 Å². The summed E-state index contributed by atoms with van der Waals surface area (Å²) in [6.45, 7) is 17.1. The first-order valence-electron chi connectivity index (χ1n) is 10.7. The second-order valence-corrected chi connectivity index (χ2v) is 9.90. The Hall–Kier alpha value is -1.46. The van der Waals surface area contributed by atoms with Gasteiger partial charge in [0.15, 0.2) is 0 Å². The Labute approximate surface area is 212 Å². The third-order valence-electron chi connectivity index (χ3n) is 4.54. The number of aromatic hydroxyl groups is 1. The normalized spacial score (nSPS) is 11.1. The van der Waals surface area contributed by atoms with E-state index in [2.05, 4.69) is 95.3 Å². The van der Waals surface area contributed by atoms with Crippen LogP contribution in [0.25, 0.3) is 10.6 Å². The van der Waals surface area contributed by atoms with Gasteiger partial charge in [-0.05, 0) is 47.4 Å². The minimum atomic E-state index is -0.144. The van der Waals surface area contributed by atoms with Gasteiger partial charge in [-0.2, -0.15) is 28.2 Å². The average Bonchev–Trinajstić information content (AvgIpc) is 2.63. The van der Waals surface area contributed by atoms with Crippen LogP contribution in [0.3, 0.4) is 0 Å². The summed E-state index contributed by atoms with van der Waals surface area (Å²) < 4.78 is 0. The third kappa shape index (κ3) is 10.9. The van der Waals surface area contributed by atoms with Gasteiger partial charge in [0.1, 0.15) is 11.4 Å². The van der Waals surface area contributed by atoms with E-state index < -0.39 is 0 Å². The Morgan fingerprint density at radius 3 is 1.75 bits per heavy atom. The molecule has 0 heterocycles. The Bertz CT molecular complexity index is 845. The van der Waals surface area contributed by atoms with Crippen LogP contribution in [0.5, 0.6) is 5.75 Å². The molecule has 0 spiro atoms. The maximum absolute atomic E-state index is 10.8. The van der Waals surface area contributed by atoms with E-state index in [9.17, 15) is 5.11 Å². The van der Waals surface area contributed by atoms with Gasteiger partial charge in [-0.1, -0.05) is 71.4 Å². The molecule has 2 rings (SSSR count). The third-order valence-corrected chi connectivity index (χ3v) is 4.54. The number of benzene rings is 2. The molecule has 1 N–H and O–H groups in total. The molecule has 0 radical (unpaired) electrons. The number of aryl methyl sites for hydroxylation is 2. The molecule has 0 aliphatic carbocycles. The van der Waals surface area contributed by atoms with Crippen LogP contribution in [0.1, 0.15) is 69.4 Å². The van der Waals surface area contributed by atoms with Crippen molar-refractivity contribution < 1.29 is 26.8 Å². The number of rotatable bonds is 2. The zero-order valence-electron chi connectivity index (χ0n) is 22.3. The van der Waals surface area contributed by atoms with Crippen LogP contribution in [-0.2, 0) is 32.5 Å². The van der Waals surface area contributed by atoms with E-state index in [4.69, 9.17) is 0 Å². The maximum Gasteiger partial charge on any atom is 2.00 e. The number of phenolic OH excluding ortho intramolecular Hbond substituents is 1. The van der Waals surface area contributed by atoms with E-state index in [0.29, 0.717) is 5.69 Å². The molecule has 0 fully saturated rings. The molecular formula is C27H43N3OTi. The van der Waals surface area contributed by atoms with Crippen molar-refractivity contribution in [3.05, 3.63) is 68.8 Å². The van der Waals surface area contributed by atoms with Gasteiger partial charge in [-0.15, -0.1) is 0 Å². The smallest absolute Gasteiger partial charge is 0.668 e. The molecular weight excluding hydrogens is 430 g/mol. The monoisotopic (exact) mass is 473 g/mol. The first-order valence-corrected chi connectivity index (χ1v) is 10.7. The SMILES string of the molecule is C[N-]C.C[N-]C.Cc1ccc(C)c(C=Nc2cc(C(C)(C)C)cc(C(C)(C)C)c2O)c1.[Ti+2]. The van der Waals surface area contributed by atoms with Crippen LogP contribution in [0.15, 0.2) is 35.3 Å². The van der Waals surface area contributed by atoms with Crippen molar-refractivity contribution >= 4 is 11.9 Å². The van der Waals surface area contributed by atoms with Crippen molar-refractivity contribution in [2.45, 2.75) is 66.2 Å². The summed E-state index contributed by atoms with van der Waals surface area (Å²) in [4.78, 5) is 4.65. The average molecular weight is 474 g/mol. The molecule has 2 aromatic carbocycles. The summed E-state index contributed by atoms with van der Waals surface area (Å²) in [6, 6.07) is 10.4. The number of hydrogen-bond donors (Lipinski definition) is 1.